The van der Waals surface area contributed by atoms with E-state index in [0.29, 0.717) is 5.56 Å². The lowest BCUT2D eigenvalue weighted by Gasteiger charge is -2.14. The monoisotopic (exact) mass is 330 g/mol. The molecule has 0 bridgehead atoms. The van der Waals surface area contributed by atoms with Crippen LogP contribution in [0.4, 0.5) is 5.69 Å². The summed E-state index contributed by atoms with van der Waals surface area (Å²) in [5.41, 5.74) is -0.0803. The Morgan fingerprint density at radius 3 is 2.54 bits per heavy atom. The van der Waals surface area contributed by atoms with E-state index in [1.54, 1.807) is 44.3 Å². The van der Waals surface area contributed by atoms with E-state index in [0.717, 1.165) is 4.57 Å². The zero-order valence-corrected chi connectivity index (χ0v) is 13.3. The Balaban J connectivity index is 2.49. The molecule has 8 nitrogen and oxygen atoms in total. The quantitative estimate of drug-likeness (QED) is 0.712. The van der Waals surface area contributed by atoms with Crippen LogP contribution in [-0.4, -0.2) is 39.6 Å². The van der Waals surface area contributed by atoms with Gasteiger partial charge in [-0.05, 0) is 14.0 Å². The Bertz CT molecular complexity index is 801. The molecule has 1 atom stereocenters. The van der Waals surface area contributed by atoms with Gasteiger partial charge in [0, 0.05) is 5.56 Å². The first-order valence-corrected chi connectivity index (χ1v) is 7.29. The predicted octanol–water partition coefficient (Wildman–Crippen LogP) is 0.541. The Kier molecular flexibility index (Phi) is 5.43. The average Bonchev–Trinajstić information content (AvgIpc) is 2.58. The number of nitrogens with one attached hydrogen (secondary N) is 2. The van der Waals surface area contributed by atoms with Crippen molar-refractivity contribution in [2.75, 3.05) is 12.4 Å². The van der Waals surface area contributed by atoms with Crippen LogP contribution in [0.25, 0.3) is 11.4 Å². The molecule has 1 amide bonds. The van der Waals surface area contributed by atoms with E-state index in [1.807, 2.05) is 0 Å². The van der Waals surface area contributed by atoms with Gasteiger partial charge in [-0.15, -0.1) is 0 Å². The van der Waals surface area contributed by atoms with E-state index < -0.39 is 30.0 Å². The Hall–Kier alpha value is -3.00. The van der Waals surface area contributed by atoms with E-state index in [4.69, 9.17) is 5.11 Å². The van der Waals surface area contributed by atoms with Crippen LogP contribution >= 0.6 is 0 Å². The lowest BCUT2D eigenvalue weighted by molar-refractivity contribution is -0.137. The van der Waals surface area contributed by atoms with E-state index in [1.165, 1.54) is 6.20 Å². The maximum Gasteiger partial charge on any atom is 0.323 e. The first-order valence-electron chi connectivity index (χ1n) is 7.29. The molecule has 126 valence electrons. The molecule has 1 aromatic heterocycles. The second-order valence-corrected chi connectivity index (χ2v) is 5.15. The summed E-state index contributed by atoms with van der Waals surface area (Å²) in [6.45, 7) is 1.08. The highest BCUT2D eigenvalue weighted by molar-refractivity contribution is 5.94. The summed E-state index contributed by atoms with van der Waals surface area (Å²) >= 11 is 0. The molecule has 1 aromatic carbocycles. The highest BCUT2D eigenvalue weighted by atomic mass is 16.4. The topological polar surface area (TPSA) is 113 Å². The molecule has 2 rings (SSSR count). The number of likely N-dealkylation sites (N-methyl/N-ethyl adjacent to an activating group) is 1. The molecular weight excluding hydrogens is 312 g/mol. The number of amides is 1. The number of carbonyl (C=O) groups excluding carboxylic acids is 1. The Labute approximate surface area is 138 Å². The lowest BCUT2D eigenvalue weighted by atomic mass is 10.2. The van der Waals surface area contributed by atoms with Crippen LogP contribution in [0.5, 0.6) is 0 Å². The lowest BCUT2D eigenvalue weighted by Crippen LogP contribution is -2.38. The van der Waals surface area contributed by atoms with Crippen molar-refractivity contribution in [3.8, 4) is 11.4 Å². The second-order valence-electron chi connectivity index (χ2n) is 5.15. The highest BCUT2D eigenvalue weighted by Gasteiger charge is 2.17. The molecule has 0 aliphatic heterocycles. The van der Waals surface area contributed by atoms with Gasteiger partial charge in [-0.25, -0.2) is 4.98 Å². The van der Waals surface area contributed by atoms with E-state index >= 15 is 0 Å². The van der Waals surface area contributed by atoms with Gasteiger partial charge in [-0.2, -0.15) is 0 Å². The van der Waals surface area contributed by atoms with Gasteiger partial charge in [-0.3, -0.25) is 19.0 Å². The van der Waals surface area contributed by atoms with E-state index in [2.05, 4.69) is 15.6 Å². The van der Waals surface area contributed by atoms with Gasteiger partial charge in [0.25, 0.3) is 5.56 Å². The van der Waals surface area contributed by atoms with Gasteiger partial charge in [0.15, 0.2) is 0 Å². The number of carboxylic acids is 1. The summed E-state index contributed by atoms with van der Waals surface area (Å²) in [5, 5.41) is 14.3. The number of aliphatic carboxylic acids is 1. The molecule has 0 radical (unpaired) electrons. The average molecular weight is 330 g/mol. The minimum Gasteiger partial charge on any atom is -0.480 e. The van der Waals surface area contributed by atoms with Crippen LogP contribution in [0.3, 0.4) is 0 Å². The van der Waals surface area contributed by atoms with Crippen molar-refractivity contribution < 1.29 is 14.7 Å². The molecule has 0 aliphatic carbocycles. The largest absolute Gasteiger partial charge is 0.480 e. The fraction of sp³-hybridized carbons (Fsp3) is 0.250. The maximum atomic E-state index is 12.6. The summed E-state index contributed by atoms with van der Waals surface area (Å²) in [6, 6.07) is 8.26. The van der Waals surface area contributed by atoms with Crippen molar-refractivity contribution in [3.05, 3.63) is 46.9 Å². The number of hydrogen-bond acceptors (Lipinski definition) is 5. The van der Waals surface area contributed by atoms with Crippen molar-refractivity contribution >= 4 is 17.6 Å². The van der Waals surface area contributed by atoms with Crippen LogP contribution < -0.4 is 16.2 Å². The molecule has 0 saturated carbocycles. The van der Waals surface area contributed by atoms with Gasteiger partial charge in [0.05, 0.1) is 12.2 Å². The first kappa shape index (κ1) is 17.4. The molecule has 3 N–H and O–H groups in total. The smallest absolute Gasteiger partial charge is 0.323 e. The second kappa shape index (κ2) is 7.51. The van der Waals surface area contributed by atoms with Gasteiger partial charge in [0.1, 0.15) is 18.1 Å². The first-order chi connectivity index (χ1) is 11.4. The number of aromatic nitrogens is 2. The third kappa shape index (κ3) is 3.85. The van der Waals surface area contributed by atoms with Crippen LogP contribution in [0.1, 0.15) is 6.92 Å². The molecule has 1 heterocycles. The van der Waals surface area contributed by atoms with Crippen LogP contribution in [-0.2, 0) is 16.1 Å². The molecular formula is C16H18N4O4. The minimum atomic E-state index is -1.18. The molecule has 0 spiro atoms. The molecule has 8 heteroatoms. The number of nitrogens with zero attached hydrogens (tertiary/aromatic N) is 2. The normalized spacial score (nSPS) is 11.8. The fourth-order valence-corrected chi connectivity index (χ4v) is 2.05. The summed E-state index contributed by atoms with van der Waals surface area (Å²) < 4.78 is 1.03. The highest BCUT2D eigenvalue weighted by Crippen LogP contribution is 2.16. The summed E-state index contributed by atoms with van der Waals surface area (Å²) in [5.74, 6) is -1.36. The van der Waals surface area contributed by atoms with Gasteiger partial charge in [0.2, 0.25) is 5.91 Å². The molecule has 2 aromatic rings. The number of hydrogen-bond donors (Lipinski definition) is 3. The minimum absolute atomic E-state index is 0.0666. The molecule has 0 fully saturated rings. The molecule has 0 saturated heterocycles. The summed E-state index contributed by atoms with van der Waals surface area (Å²) in [4.78, 5) is 39.8. The summed E-state index contributed by atoms with van der Waals surface area (Å²) in [6.07, 6.45) is 1.24. The fourth-order valence-electron chi connectivity index (χ4n) is 2.05. The van der Waals surface area contributed by atoms with Crippen LogP contribution in [0.15, 0.2) is 41.3 Å². The number of anilines is 1. The number of carbonyl (C=O) groups is 2. The Morgan fingerprint density at radius 2 is 1.96 bits per heavy atom. The third-order valence-corrected chi connectivity index (χ3v) is 3.46. The number of carboxylic acid groups (broad SMARTS) is 1. The van der Waals surface area contributed by atoms with Gasteiger partial charge in [-0.1, -0.05) is 30.3 Å². The SMILES string of the molecule is CN[C@@H](C)C(=O)Nc1cnc(-c2ccccc2)n(CC(=O)O)c1=O. The van der Waals surface area contributed by atoms with E-state index in [9.17, 15) is 14.4 Å². The standard InChI is InChI=1S/C16H18N4O4/c1-10(17-2)15(23)19-12-8-18-14(11-6-4-3-5-7-11)20(16(12)24)9-13(21)22/h3-8,10,17H,9H2,1-2H3,(H,19,23)(H,21,22)/t10-/m0/s1. The van der Waals surface area contributed by atoms with Crippen LogP contribution in [0.2, 0.25) is 0 Å². The summed E-state index contributed by atoms with van der Waals surface area (Å²) in [7, 11) is 1.61. The number of rotatable bonds is 6. The zero-order chi connectivity index (χ0) is 17.7. The molecule has 0 unspecified atom stereocenters. The van der Waals surface area contributed by atoms with E-state index in [-0.39, 0.29) is 11.5 Å². The third-order valence-electron chi connectivity index (χ3n) is 3.46. The maximum absolute atomic E-state index is 12.6. The molecule has 0 aliphatic rings. The van der Waals surface area contributed by atoms with Gasteiger partial charge >= 0.3 is 5.97 Å². The van der Waals surface area contributed by atoms with Crippen molar-refractivity contribution in [1.29, 1.82) is 0 Å². The van der Waals surface area contributed by atoms with Crippen LogP contribution in [0, 0.1) is 0 Å². The number of benzene rings is 1. The zero-order valence-electron chi connectivity index (χ0n) is 13.3. The predicted molar refractivity (Wildman–Crippen MR) is 88.7 cm³/mol. The van der Waals surface area contributed by atoms with Gasteiger partial charge < -0.3 is 15.7 Å². The van der Waals surface area contributed by atoms with Crippen molar-refractivity contribution in [3.63, 3.8) is 0 Å². The van der Waals surface area contributed by atoms with Crippen molar-refractivity contribution in [2.45, 2.75) is 19.5 Å². The molecule has 24 heavy (non-hydrogen) atoms. The van der Waals surface area contributed by atoms with Crippen molar-refractivity contribution in [2.24, 2.45) is 0 Å². The Morgan fingerprint density at radius 1 is 1.29 bits per heavy atom. The van der Waals surface area contributed by atoms with Crippen molar-refractivity contribution in [1.82, 2.24) is 14.9 Å².